The van der Waals surface area contributed by atoms with E-state index in [2.05, 4.69) is 5.32 Å². The fraction of sp³-hybridized carbons (Fsp3) is 0.778. The number of hydrogen-bond acceptors (Lipinski definition) is 2. The normalized spacial score (nSPS) is 12.2. The number of carboxylic acid groups (broad SMARTS) is 1. The van der Waals surface area contributed by atoms with Gasteiger partial charge in [-0.2, -0.15) is 0 Å². The number of nitrogens with one attached hydrogen (secondary N) is 1. The van der Waals surface area contributed by atoms with E-state index >= 15 is 0 Å². The molecular formula is C9H17NO3. The topological polar surface area (TPSA) is 66.4 Å². The zero-order valence-electron chi connectivity index (χ0n) is 8.17. The SMILES string of the molecule is CCCCNC(=O)C[C@@H](C)C(=O)O. The summed E-state index contributed by atoms with van der Waals surface area (Å²) in [4.78, 5) is 21.4. The number of amides is 1. The van der Waals surface area contributed by atoms with Crippen LogP contribution in [0.15, 0.2) is 0 Å². The molecule has 0 aromatic carbocycles. The predicted octanol–water partition coefficient (Wildman–Crippen LogP) is 1.01. The lowest BCUT2D eigenvalue weighted by atomic mass is 10.1. The van der Waals surface area contributed by atoms with Crippen LogP contribution in [0.5, 0.6) is 0 Å². The van der Waals surface area contributed by atoms with E-state index < -0.39 is 11.9 Å². The van der Waals surface area contributed by atoms with Crippen LogP contribution in [-0.4, -0.2) is 23.5 Å². The van der Waals surface area contributed by atoms with Crippen molar-refractivity contribution >= 4 is 11.9 Å². The standard InChI is InChI=1S/C9H17NO3/c1-3-4-5-10-8(11)6-7(2)9(12)13/h7H,3-6H2,1-2H3,(H,10,11)(H,12,13)/t7-/m1/s1. The van der Waals surface area contributed by atoms with Crippen LogP contribution in [0.25, 0.3) is 0 Å². The van der Waals surface area contributed by atoms with E-state index in [4.69, 9.17) is 5.11 Å². The first-order valence-corrected chi connectivity index (χ1v) is 4.57. The number of carboxylic acids is 1. The van der Waals surface area contributed by atoms with Gasteiger partial charge in [0.15, 0.2) is 0 Å². The van der Waals surface area contributed by atoms with Gasteiger partial charge in [-0.05, 0) is 6.42 Å². The number of hydrogen-bond donors (Lipinski definition) is 2. The van der Waals surface area contributed by atoms with Crippen LogP contribution in [0.1, 0.15) is 33.1 Å². The first-order chi connectivity index (χ1) is 6.07. The molecule has 0 aromatic rings. The highest BCUT2D eigenvalue weighted by atomic mass is 16.4. The van der Waals surface area contributed by atoms with E-state index in [1.54, 1.807) is 0 Å². The Morgan fingerprint density at radius 3 is 2.54 bits per heavy atom. The molecule has 0 fully saturated rings. The monoisotopic (exact) mass is 187 g/mol. The van der Waals surface area contributed by atoms with Gasteiger partial charge in [0, 0.05) is 13.0 Å². The second-order valence-electron chi connectivity index (χ2n) is 3.15. The third kappa shape index (κ3) is 6.13. The molecule has 0 saturated heterocycles. The van der Waals surface area contributed by atoms with Crippen LogP contribution >= 0.6 is 0 Å². The third-order valence-corrected chi connectivity index (χ3v) is 1.77. The fourth-order valence-corrected chi connectivity index (χ4v) is 0.842. The number of aliphatic carboxylic acids is 1. The lowest BCUT2D eigenvalue weighted by Crippen LogP contribution is -2.27. The number of carbonyl (C=O) groups excluding carboxylic acids is 1. The minimum Gasteiger partial charge on any atom is -0.481 e. The lowest BCUT2D eigenvalue weighted by Gasteiger charge is -2.06. The van der Waals surface area contributed by atoms with Gasteiger partial charge in [-0.3, -0.25) is 9.59 Å². The Morgan fingerprint density at radius 2 is 2.08 bits per heavy atom. The number of carbonyl (C=O) groups is 2. The molecular weight excluding hydrogens is 170 g/mol. The fourth-order valence-electron chi connectivity index (χ4n) is 0.842. The van der Waals surface area contributed by atoms with E-state index in [-0.39, 0.29) is 12.3 Å². The minimum atomic E-state index is -0.925. The summed E-state index contributed by atoms with van der Waals surface area (Å²) in [7, 11) is 0. The van der Waals surface area contributed by atoms with E-state index in [9.17, 15) is 9.59 Å². The van der Waals surface area contributed by atoms with Crippen molar-refractivity contribution in [2.24, 2.45) is 5.92 Å². The van der Waals surface area contributed by atoms with Crippen LogP contribution in [0.3, 0.4) is 0 Å². The summed E-state index contributed by atoms with van der Waals surface area (Å²) in [5.41, 5.74) is 0. The van der Waals surface area contributed by atoms with Crippen LogP contribution in [-0.2, 0) is 9.59 Å². The van der Waals surface area contributed by atoms with Crippen molar-refractivity contribution in [1.29, 1.82) is 0 Å². The molecule has 0 rings (SSSR count). The number of unbranched alkanes of at least 4 members (excludes halogenated alkanes) is 1. The van der Waals surface area contributed by atoms with Gasteiger partial charge in [0.25, 0.3) is 0 Å². The van der Waals surface area contributed by atoms with Crippen LogP contribution < -0.4 is 5.32 Å². The van der Waals surface area contributed by atoms with E-state index in [0.717, 1.165) is 12.8 Å². The molecule has 2 N–H and O–H groups in total. The summed E-state index contributed by atoms with van der Waals surface area (Å²) in [5.74, 6) is -1.70. The molecule has 4 nitrogen and oxygen atoms in total. The molecule has 0 saturated carbocycles. The molecule has 0 aliphatic carbocycles. The van der Waals surface area contributed by atoms with Crippen molar-refractivity contribution in [3.8, 4) is 0 Å². The quantitative estimate of drug-likeness (QED) is 0.610. The molecule has 13 heavy (non-hydrogen) atoms. The van der Waals surface area contributed by atoms with Crippen molar-refractivity contribution in [1.82, 2.24) is 5.32 Å². The molecule has 0 aromatic heterocycles. The second kappa shape index (κ2) is 6.46. The molecule has 1 atom stereocenters. The molecule has 0 radical (unpaired) electrons. The maximum Gasteiger partial charge on any atom is 0.306 e. The van der Waals surface area contributed by atoms with Gasteiger partial charge >= 0.3 is 5.97 Å². The summed E-state index contributed by atoms with van der Waals surface area (Å²) in [6, 6.07) is 0. The predicted molar refractivity (Wildman–Crippen MR) is 49.3 cm³/mol. The highest BCUT2D eigenvalue weighted by Gasteiger charge is 2.14. The molecule has 0 unspecified atom stereocenters. The van der Waals surface area contributed by atoms with Crippen LogP contribution in [0, 0.1) is 5.92 Å². The van der Waals surface area contributed by atoms with Gasteiger partial charge in [0.05, 0.1) is 5.92 Å². The molecule has 1 amide bonds. The van der Waals surface area contributed by atoms with Gasteiger partial charge in [0.1, 0.15) is 0 Å². The zero-order chi connectivity index (χ0) is 10.3. The first-order valence-electron chi connectivity index (χ1n) is 4.57. The Morgan fingerprint density at radius 1 is 1.46 bits per heavy atom. The molecule has 0 bridgehead atoms. The van der Waals surface area contributed by atoms with Gasteiger partial charge in [-0.25, -0.2) is 0 Å². The maximum absolute atomic E-state index is 11.1. The Labute approximate surface area is 78.3 Å². The third-order valence-electron chi connectivity index (χ3n) is 1.77. The summed E-state index contributed by atoms with van der Waals surface area (Å²) >= 11 is 0. The number of rotatable bonds is 6. The van der Waals surface area contributed by atoms with Gasteiger partial charge in [-0.1, -0.05) is 20.3 Å². The average molecular weight is 187 g/mol. The van der Waals surface area contributed by atoms with Crippen molar-refractivity contribution in [2.75, 3.05) is 6.54 Å². The van der Waals surface area contributed by atoms with Crippen LogP contribution in [0.4, 0.5) is 0 Å². The summed E-state index contributed by atoms with van der Waals surface area (Å²) < 4.78 is 0. The van der Waals surface area contributed by atoms with Crippen molar-refractivity contribution in [3.05, 3.63) is 0 Å². The zero-order valence-corrected chi connectivity index (χ0v) is 8.17. The largest absolute Gasteiger partial charge is 0.481 e. The Bertz CT molecular complexity index is 180. The first kappa shape index (κ1) is 11.9. The van der Waals surface area contributed by atoms with E-state index in [0.29, 0.717) is 6.54 Å². The van der Waals surface area contributed by atoms with Gasteiger partial charge in [-0.15, -0.1) is 0 Å². The maximum atomic E-state index is 11.1. The average Bonchev–Trinajstić information content (AvgIpc) is 2.04. The van der Waals surface area contributed by atoms with E-state index in [1.807, 2.05) is 6.92 Å². The summed E-state index contributed by atoms with van der Waals surface area (Å²) in [6.07, 6.45) is 2.03. The molecule has 0 heterocycles. The highest BCUT2D eigenvalue weighted by Crippen LogP contribution is 2.00. The molecule has 4 heteroatoms. The van der Waals surface area contributed by atoms with Gasteiger partial charge in [0.2, 0.25) is 5.91 Å². The molecule has 76 valence electrons. The highest BCUT2D eigenvalue weighted by molar-refractivity contribution is 5.81. The lowest BCUT2D eigenvalue weighted by molar-refractivity contribution is -0.143. The Hall–Kier alpha value is -1.06. The van der Waals surface area contributed by atoms with E-state index in [1.165, 1.54) is 6.92 Å². The second-order valence-corrected chi connectivity index (χ2v) is 3.15. The summed E-state index contributed by atoms with van der Waals surface area (Å²) in [6.45, 7) is 4.20. The van der Waals surface area contributed by atoms with Crippen LogP contribution in [0.2, 0.25) is 0 Å². The summed E-state index contributed by atoms with van der Waals surface area (Å²) in [5, 5.41) is 11.2. The Kier molecular flexibility index (Phi) is 5.93. The van der Waals surface area contributed by atoms with Crippen molar-refractivity contribution in [2.45, 2.75) is 33.1 Å². The minimum absolute atomic E-state index is 0.0685. The molecule has 0 aliphatic heterocycles. The van der Waals surface area contributed by atoms with Crippen molar-refractivity contribution in [3.63, 3.8) is 0 Å². The smallest absolute Gasteiger partial charge is 0.306 e. The van der Waals surface area contributed by atoms with Gasteiger partial charge < -0.3 is 10.4 Å². The Balaban J connectivity index is 3.56. The van der Waals surface area contributed by atoms with Crippen molar-refractivity contribution < 1.29 is 14.7 Å². The molecule has 0 spiro atoms. The molecule has 0 aliphatic rings.